The maximum absolute atomic E-state index is 15.3. The highest BCUT2D eigenvalue weighted by Crippen LogP contribution is 2.44. The first-order valence-corrected chi connectivity index (χ1v) is 20.7. The Morgan fingerprint density at radius 2 is 1.64 bits per heavy atom. The van der Waals surface area contributed by atoms with E-state index in [0.717, 1.165) is 84.2 Å². The number of likely N-dealkylation sites (N-methyl/N-ethyl adjacent to an activating group) is 1. The fraction of sp³-hybridized carbons (Fsp3) is 0.348. The van der Waals surface area contributed by atoms with Gasteiger partial charge in [-0.15, -0.1) is 0 Å². The predicted octanol–water partition coefficient (Wildman–Crippen LogP) is 7.45. The molecule has 0 bridgehead atoms. The molecule has 6 heterocycles. The molecule has 5 aromatic rings. The Morgan fingerprint density at radius 1 is 0.845 bits per heavy atom. The number of amides is 2. The highest BCUT2D eigenvalue weighted by Gasteiger charge is 2.37. The maximum atomic E-state index is 15.3. The number of halogens is 1. The van der Waals surface area contributed by atoms with Crippen molar-refractivity contribution in [2.45, 2.75) is 51.2 Å². The molecule has 0 spiro atoms. The van der Waals surface area contributed by atoms with Gasteiger partial charge in [0, 0.05) is 91.4 Å². The van der Waals surface area contributed by atoms with E-state index in [-0.39, 0.29) is 30.4 Å². The van der Waals surface area contributed by atoms with Gasteiger partial charge < -0.3 is 33.7 Å². The van der Waals surface area contributed by atoms with Crippen LogP contribution in [0.5, 0.6) is 17.2 Å². The summed E-state index contributed by atoms with van der Waals surface area (Å²) in [5.41, 5.74) is 9.44. The fourth-order valence-electron chi connectivity index (χ4n) is 9.49. The zero-order valence-corrected chi connectivity index (χ0v) is 33.3. The van der Waals surface area contributed by atoms with Gasteiger partial charge in [-0.05, 0) is 116 Å². The second-order valence-electron chi connectivity index (χ2n) is 16.0. The van der Waals surface area contributed by atoms with Crippen molar-refractivity contribution in [3.63, 3.8) is 0 Å². The zero-order valence-electron chi connectivity index (χ0n) is 32.6. The van der Waals surface area contributed by atoms with Crippen molar-refractivity contribution in [2.75, 3.05) is 63.0 Å². The first kappa shape index (κ1) is 36.8. The second-order valence-corrected chi connectivity index (χ2v) is 16.4. The largest absolute Gasteiger partial charge is 0.508 e. The monoisotopic (exact) mass is 799 g/mol. The van der Waals surface area contributed by atoms with Crippen molar-refractivity contribution in [3.8, 4) is 28.5 Å². The number of carbonyl (C=O) groups is 2. The quantitative estimate of drug-likeness (QED) is 0.181. The van der Waals surface area contributed by atoms with Crippen LogP contribution in [0.3, 0.4) is 0 Å². The Kier molecular flexibility index (Phi) is 9.54. The third-order valence-electron chi connectivity index (χ3n) is 12.5. The lowest BCUT2D eigenvalue weighted by Crippen LogP contribution is -2.52. The van der Waals surface area contributed by atoms with Gasteiger partial charge in [-0.1, -0.05) is 23.7 Å². The predicted molar refractivity (Wildman–Crippen MR) is 223 cm³/mol. The van der Waals surface area contributed by atoms with E-state index in [2.05, 4.69) is 39.6 Å². The van der Waals surface area contributed by atoms with Gasteiger partial charge in [-0.25, -0.2) is 0 Å². The van der Waals surface area contributed by atoms with Crippen molar-refractivity contribution >= 4 is 40.5 Å². The summed E-state index contributed by atoms with van der Waals surface area (Å²) >= 11 is 6.78. The number of aromatic nitrogens is 1. The molecule has 0 radical (unpaired) electrons. The Labute approximate surface area is 342 Å². The summed E-state index contributed by atoms with van der Waals surface area (Å²) in [6, 6.07) is 24.5. The highest BCUT2D eigenvalue weighted by atomic mass is 35.5. The van der Waals surface area contributed by atoms with Crippen LogP contribution in [0, 0.1) is 0 Å². The molecule has 10 rings (SSSR count). The van der Waals surface area contributed by atoms with Crippen LogP contribution in [0.1, 0.15) is 55.9 Å². The number of carbonyl (C=O) groups excluding carboxylic acids is 2. The molecule has 1 fully saturated rings. The van der Waals surface area contributed by atoms with E-state index in [0.29, 0.717) is 73.1 Å². The van der Waals surface area contributed by atoms with Crippen LogP contribution in [-0.2, 0) is 37.1 Å². The minimum atomic E-state index is -0.169. The summed E-state index contributed by atoms with van der Waals surface area (Å²) in [7, 11) is 2.09. The zero-order chi connectivity index (χ0) is 39.5. The number of rotatable bonds is 7. The van der Waals surface area contributed by atoms with Crippen molar-refractivity contribution in [1.29, 1.82) is 0 Å². The molecule has 12 heteroatoms. The summed E-state index contributed by atoms with van der Waals surface area (Å²) in [6.07, 6.45) is 4.15. The van der Waals surface area contributed by atoms with E-state index < -0.39 is 0 Å². The van der Waals surface area contributed by atoms with Crippen LogP contribution >= 0.6 is 11.6 Å². The van der Waals surface area contributed by atoms with Crippen LogP contribution in [-0.4, -0.2) is 90.6 Å². The lowest BCUT2D eigenvalue weighted by atomic mass is 9.91. The SMILES string of the molecule is CN1CCc2cc(N(C(=O)c3cc(-c4cc5c(cc4C(=O)N4Cc6cccc(Cl)c6C[C@H]4CN4CCOCC4)OCO5)n4c3CCCC4)c3ccc(O)cc3)ccc21. The molecule has 298 valence electrons. The van der Waals surface area contributed by atoms with Crippen molar-refractivity contribution in [1.82, 2.24) is 14.4 Å². The molecule has 0 saturated carbocycles. The van der Waals surface area contributed by atoms with Crippen LogP contribution in [0.15, 0.2) is 78.9 Å². The first-order valence-electron chi connectivity index (χ1n) is 20.3. The van der Waals surface area contributed by atoms with Gasteiger partial charge >= 0.3 is 0 Å². The Bertz CT molecular complexity index is 2420. The molecule has 1 saturated heterocycles. The molecule has 0 aliphatic carbocycles. The normalized spacial score (nSPS) is 18.5. The summed E-state index contributed by atoms with van der Waals surface area (Å²) in [6.45, 7) is 5.76. The van der Waals surface area contributed by atoms with E-state index in [1.807, 2.05) is 41.3 Å². The molecule has 1 N–H and O–H groups in total. The van der Waals surface area contributed by atoms with Crippen LogP contribution in [0.4, 0.5) is 17.1 Å². The van der Waals surface area contributed by atoms with Gasteiger partial charge in [-0.3, -0.25) is 19.4 Å². The second kappa shape index (κ2) is 15.0. The average molecular weight is 800 g/mol. The lowest BCUT2D eigenvalue weighted by molar-refractivity contribution is 0.0193. The van der Waals surface area contributed by atoms with Gasteiger partial charge in [0.25, 0.3) is 11.8 Å². The average Bonchev–Trinajstić information content (AvgIpc) is 3.98. The minimum absolute atomic E-state index is 0.0653. The fourth-order valence-corrected chi connectivity index (χ4v) is 9.76. The molecule has 1 atom stereocenters. The standard InChI is InChI=1S/C46H46ClN5O6/c1-48-16-14-29-21-32(10-13-40(29)48)52(31-8-11-34(53)12-9-31)46(55)38-23-42(50-15-3-2-7-41(38)50)36-24-43-44(58-28-57-43)25-37(36)45(54)51-26-30-5-4-6-39(47)35(30)22-33(51)27-49-17-19-56-20-18-49/h4-6,8-13,21,23-25,33,53H,2-3,7,14-20,22,26-28H2,1H3/t33-/m0/s1. The summed E-state index contributed by atoms with van der Waals surface area (Å²) in [4.78, 5) is 38.9. The molecule has 5 aliphatic heterocycles. The number of phenols is 1. The third-order valence-corrected chi connectivity index (χ3v) is 12.9. The van der Waals surface area contributed by atoms with Gasteiger partial charge in [0.05, 0.1) is 24.3 Å². The van der Waals surface area contributed by atoms with Crippen LogP contribution in [0.2, 0.25) is 5.02 Å². The first-order chi connectivity index (χ1) is 28.3. The Morgan fingerprint density at radius 3 is 2.47 bits per heavy atom. The van der Waals surface area contributed by atoms with Gasteiger partial charge in [0.15, 0.2) is 11.5 Å². The van der Waals surface area contributed by atoms with Gasteiger partial charge in [-0.2, -0.15) is 0 Å². The molecular formula is C46H46ClN5O6. The number of fused-ring (bicyclic) bond motifs is 4. The molecule has 0 unspecified atom stereocenters. The number of anilines is 3. The molecule has 4 aromatic carbocycles. The molecule has 5 aliphatic rings. The van der Waals surface area contributed by atoms with Crippen molar-refractivity contribution in [3.05, 3.63) is 117 Å². The van der Waals surface area contributed by atoms with E-state index >= 15 is 9.59 Å². The van der Waals surface area contributed by atoms with E-state index in [1.165, 1.54) is 5.56 Å². The number of aromatic hydroxyl groups is 1. The minimum Gasteiger partial charge on any atom is -0.508 e. The maximum Gasteiger partial charge on any atom is 0.264 e. The number of ether oxygens (including phenoxy) is 3. The molecule has 58 heavy (non-hydrogen) atoms. The molecule has 11 nitrogen and oxygen atoms in total. The third kappa shape index (κ3) is 6.55. The summed E-state index contributed by atoms with van der Waals surface area (Å²) < 4.78 is 19.7. The topological polar surface area (TPSA) is 100.0 Å². The number of nitrogens with zero attached hydrogens (tertiary/aromatic N) is 5. The van der Waals surface area contributed by atoms with E-state index in [1.54, 1.807) is 29.2 Å². The smallest absolute Gasteiger partial charge is 0.264 e. The summed E-state index contributed by atoms with van der Waals surface area (Å²) in [5.74, 6) is 0.950. The molecule has 1 aromatic heterocycles. The number of hydrogen-bond donors (Lipinski definition) is 1. The van der Waals surface area contributed by atoms with Crippen molar-refractivity contribution < 1.29 is 28.9 Å². The number of benzene rings is 4. The van der Waals surface area contributed by atoms with Crippen LogP contribution < -0.4 is 19.3 Å². The van der Waals surface area contributed by atoms with E-state index in [4.69, 9.17) is 25.8 Å². The number of hydrogen-bond acceptors (Lipinski definition) is 8. The number of phenolic OH excluding ortho intramolecular Hbond substituents is 1. The molecule has 2 amide bonds. The van der Waals surface area contributed by atoms with E-state index in [9.17, 15) is 5.11 Å². The Balaban J connectivity index is 1.08. The summed E-state index contributed by atoms with van der Waals surface area (Å²) in [5, 5.41) is 11.0. The highest BCUT2D eigenvalue weighted by molar-refractivity contribution is 6.31. The lowest BCUT2D eigenvalue weighted by Gasteiger charge is -2.41. The number of morpholine rings is 1. The van der Waals surface area contributed by atoms with Gasteiger partial charge in [0.1, 0.15) is 5.75 Å². The molecular weight excluding hydrogens is 754 g/mol. The Hall–Kier alpha value is -5.49. The van der Waals surface area contributed by atoms with Crippen molar-refractivity contribution in [2.24, 2.45) is 0 Å². The van der Waals surface area contributed by atoms with Crippen LogP contribution in [0.25, 0.3) is 11.3 Å². The van der Waals surface area contributed by atoms with Gasteiger partial charge in [0.2, 0.25) is 6.79 Å².